The predicted octanol–water partition coefficient (Wildman–Crippen LogP) is 5.42. The summed E-state index contributed by atoms with van der Waals surface area (Å²) in [5.41, 5.74) is 4.86. The molecule has 0 saturated carbocycles. The summed E-state index contributed by atoms with van der Waals surface area (Å²) in [6, 6.07) is 21.1. The molecule has 1 aromatic heterocycles. The van der Waals surface area contributed by atoms with Gasteiger partial charge in [-0.05, 0) is 24.0 Å². The second-order valence-electron chi connectivity index (χ2n) is 7.38. The molecule has 3 aromatic rings. The van der Waals surface area contributed by atoms with Crippen LogP contribution in [0.2, 0.25) is 0 Å². The first-order chi connectivity index (χ1) is 13.1. The lowest BCUT2D eigenvalue weighted by molar-refractivity contribution is 0.592. The van der Waals surface area contributed by atoms with E-state index in [0.717, 1.165) is 43.1 Å². The van der Waals surface area contributed by atoms with E-state index in [9.17, 15) is 0 Å². The summed E-state index contributed by atoms with van der Waals surface area (Å²) in [7, 11) is 0. The molecule has 0 saturated heterocycles. The van der Waals surface area contributed by atoms with E-state index < -0.39 is 0 Å². The van der Waals surface area contributed by atoms with Gasteiger partial charge in [0.15, 0.2) is 0 Å². The standard InChI is InChI=1S/C24H29N3/c1-4-18(2)17-25-23-16-22(14-21-12-8-9-19(3)13-21)26-24(27-23)15-20-10-6-5-7-11-20/h5-13,16,18H,4,14-15,17H2,1-3H3,(H,25,26,27). The van der Waals surface area contributed by atoms with E-state index in [1.165, 1.54) is 16.7 Å². The number of aromatic nitrogens is 2. The number of hydrogen-bond acceptors (Lipinski definition) is 3. The molecule has 140 valence electrons. The maximum atomic E-state index is 4.85. The molecule has 0 fully saturated rings. The summed E-state index contributed by atoms with van der Waals surface area (Å²) in [6.07, 6.45) is 2.73. The van der Waals surface area contributed by atoms with Crippen molar-refractivity contribution in [2.24, 2.45) is 5.92 Å². The molecule has 0 aliphatic carbocycles. The highest BCUT2D eigenvalue weighted by atomic mass is 15.0. The van der Waals surface area contributed by atoms with Crippen LogP contribution in [0.1, 0.15) is 48.5 Å². The summed E-state index contributed by atoms with van der Waals surface area (Å²) in [4.78, 5) is 9.62. The molecule has 3 heteroatoms. The molecule has 3 rings (SSSR count). The number of rotatable bonds is 8. The number of benzene rings is 2. The Bertz CT molecular complexity index is 859. The Morgan fingerprint density at radius 3 is 2.41 bits per heavy atom. The lowest BCUT2D eigenvalue weighted by atomic mass is 10.1. The highest BCUT2D eigenvalue weighted by molar-refractivity contribution is 5.39. The third kappa shape index (κ3) is 5.92. The molecule has 0 spiro atoms. The minimum Gasteiger partial charge on any atom is -0.370 e. The van der Waals surface area contributed by atoms with E-state index in [2.05, 4.69) is 80.7 Å². The molecule has 1 heterocycles. The van der Waals surface area contributed by atoms with Gasteiger partial charge in [0.2, 0.25) is 0 Å². The number of aryl methyl sites for hydroxylation is 1. The van der Waals surface area contributed by atoms with Crippen molar-refractivity contribution in [2.75, 3.05) is 11.9 Å². The third-order valence-corrected chi connectivity index (χ3v) is 4.83. The Balaban J connectivity index is 1.84. The molecule has 0 bridgehead atoms. The Labute approximate surface area is 162 Å². The fourth-order valence-corrected chi connectivity index (χ4v) is 3.05. The number of anilines is 1. The van der Waals surface area contributed by atoms with Gasteiger partial charge in [-0.3, -0.25) is 0 Å². The quantitative estimate of drug-likeness (QED) is 0.583. The zero-order valence-electron chi connectivity index (χ0n) is 16.6. The summed E-state index contributed by atoms with van der Waals surface area (Å²) >= 11 is 0. The minimum atomic E-state index is 0.623. The van der Waals surface area contributed by atoms with Gasteiger partial charge in [-0.2, -0.15) is 0 Å². The van der Waals surface area contributed by atoms with Crippen LogP contribution in [0.5, 0.6) is 0 Å². The van der Waals surface area contributed by atoms with Gasteiger partial charge >= 0.3 is 0 Å². The van der Waals surface area contributed by atoms with Gasteiger partial charge in [0.05, 0.1) is 5.69 Å². The van der Waals surface area contributed by atoms with Crippen LogP contribution in [-0.4, -0.2) is 16.5 Å². The SMILES string of the molecule is CCC(C)CNc1cc(Cc2cccc(C)c2)nc(Cc2ccccc2)n1. The fraction of sp³-hybridized carbons (Fsp3) is 0.333. The molecule has 3 nitrogen and oxygen atoms in total. The first-order valence-corrected chi connectivity index (χ1v) is 9.82. The van der Waals surface area contributed by atoms with Crippen LogP contribution < -0.4 is 5.32 Å². The lowest BCUT2D eigenvalue weighted by Gasteiger charge is -2.13. The number of nitrogens with one attached hydrogen (secondary N) is 1. The summed E-state index contributed by atoms with van der Waals surface area (Å²) < 4.78 is 0. The Hall–Kier alpha value is -2.68. The largest absolute Gasteiger partial charge is 0.370 e. The van der Waals surface area contributed by atoms with Crippen LogP contribution in [0.25, 0.3) is 0 Å². The zero-order chi connectivity index (χ0) is 19.1. The maximum absolute atomic E-state index is 4.85. The molecule has 0 radical (unpaired) electrons. The van der Waals surface area contributed by atoms with Crippen molar-refractivity contribution in [3.8, 4) is 0 Å². The van der Waals surface area contributed by atoms with E-state index in [-0.39, 0.29) is 0 Å². The molecule has 0 amide bonds. The third-order valence-electron chi connectivity index (χ3n) is 4.83. The molecular weight excluding hydrogens is 330 g/mol. The van der Waals surface area contributed by atoms with Crippen molar-refractivity contribution < 1.29 is 0 Å². The first kappa shape index (κ1) is 19.1. The number of nitrogens with zero attached hydrogens (tertiary/aromatic N) is 2. The molecule has 1 unspecified atom stereocenters. The minimum absolute atomic E-state index is 0.623. The smallest absolute Gasteiger partial charge is 0.135 e. The second-order valence-corrected chi connectivity index (χ2v) is 7.38. The van der Waals surface area contributed by atoms with Crippen LogP contribution in [0.15, 0.2) is 60.7 Å². The zero-order valence-corrected chi connectivity index (χ0v) is 16.6. The monoisotopic (exact) mass is 359 g/mol. The van der Waals surface area contributed by atoms with Gasteiger partial charge in [0, 0.05) is 25.5 Å². The molecule has 27 heavy (non-hydrogen) atoms. The average Bonchev–Trinajstić information content (AvgIpc) is 2.67. The topological polar surface area (TPSA) is 37.8 Å². The molecule has 0 aliphatic heterocycles. The van der Waals surface area contributed by atoms with Crippen LogP contribution >= 0.6 is 0 Å². The van der Waals surface area contributed by atoms with Gasteiger partial charge in [-0.15, -0.1) is 0 Å². The fourth-order valence-electron chi connectivity index (χ4n) is 3.05. The summed E-state index contributed by atoms with van der Waals surface area (Å²) in [6.45, 7) is 7.54. The first-order valence-electron chi connectivity index (χ1n) is 9.82. The molecule has 0 aliphatic rings. The van der Waals surface area contributed by atoms with E-state index in [1.807, 2.05) is 6.07 Å². The van der Waals surface area contributed by atoms with Crippen molar-refractivity contribution in [2.45, 2.75) is 40.0 Å². The second kappa shape index (κ2) is 9.31. The summed E-state index contributed by atoms with van der Waals surface area (Å²) in [5, 5.41) is 3.51. The van der Waals surface area contributed by atoms with Gasteiger partial charge in [-0.1, -0.05) is 80.4 Å². The molecule has 1 atom stereocenters. The van der Waals surface area contributed by atoms with E-state index >= 15 is 0 Å². The van der Waals surface area contributed by atoms with Gasteiger partial charge in [0.25, 0.3) is 0 Å². The van der Waals surface area contributed by atoms with Crippen molar-refractivity contribution in [3.63, 3.8) is 0 Å². The van der Waals surface area contributed by atoms with Crippen molar-refractivity contribution >= 4 is 5.82 Å². The van der Waals surface area contributed by atoms with Crippen LogP contribution in [0, 0.1) is 12.8 Å². The van der Waals surface area contributed by atoms with Crippen LogP contribution in [0.3, 0.4) is 0 Å². The Kier molecular flexibility index (Phi) is 6.59. The Morgan fingerprint density at radius 1 is 0.889 bits per heavy atom. The van der Waals surface area contributed by atoms with E-state index in [4.69, 9.17) is 9.97 Å². The lowest BCUT2D eigenvalue weighted by Crippen LogP contribution is -2.13. The number of hydrogen-bond donors (Lipinski definition) is 1. The molecule has 1 N–H and O–H groups in total. The average molecular weight is 360 g/mol. The van der Waals surface area contributed by atoms with Gasteiger partial charge in [-0.25, -0.2) is 9.97 Å². The van der Waals surface area contributed by atoms with E-state index in [0.29, 0.717) is 5.92 Å². The van der Waals surface area contributed by atoms with Crippen LogP contribution in [-0.2, 0) is 12.8 Å². The predicted molar refractivity (Wildman–Crippen MR) is 113 cm³/mol. The van der Waals surface area contributed by atoms with Crippen molar-refractivity contribution in [1.82, 2.24) is 9.97 Å². The van der Waals surface area contributed by atoms with E-state index in [1.54, 1.807) is 0 Å². The van der Waals surface area contributed by atoms with Crippen molar-refractivity contribution in [1.29, 1.82) is 0 Å². The highest BCUT2D eigenvalue weighted by Crippen LogP contribution is 2.16. The Morgan fingerprint density at radius 2 is 1.67 bits per heavy atom. The van der Waals surface area contributed by atoms with Gasteiger partial charge in [0.1, 0.15) is 11.6 Å². The maximum Gasteiger partial charge on any atom is 0.135 e. The molecule has 2 aromatic carbocycles. The summed E-state index contributed by atoms with van der Waals surface area (Å²) in [5.74, 6) is 2.43. The molecular formula is C24H29N3. The van der Waals surface area contributed by atoms with Crippen molar-refractivity contribution in [3.05, 3.63) is 88.9 Å². The highest BCUT2D eigenvalue weighted by Gasteiger charge is 2.08. The van der Waals surface area contributed by atoms with Crippen LogP contribution in [0.4, 0.5) is 5.82 Å². The van der Waals surface area contributed by atoms with Gasteiger partial charge < -0.3 is 5.32 Å². The normalized spacial score (nSPS) is 12.0.